The average molecular weight is 352 g/mol. The van der Waals surface area contributed by atoms with Crippen LogP contribution in [0.5, 0.6) is 0 Å². The predicted molar refractivity (Wildman–Crippen MR) is 100 cm³/mol. The molecule has 1 aliphatic carbocycles. The highest BCUT2D eigenvalue weighted by Gasteiger charge is 2.34. The summed E-state index contributed by atoms with van der Waals surface area (Å²) in [5, 5.41) is 3.03. The van der Waals surface area contributed by atoms with Crippen molar-refractivity contribution < 1.29 is 14.3 Å². The van der Waals surface area contributed by atoms with Gasteiger partial charge in [-0.1, -0.05) is 53.1 Å². The Hall–Kier alpha value is -1.28. The molecule has 1 amide bonds. The minimum Gasteiger partial charge on any atom is -0.467 e. The molecule has 0 aromatic heterocycles. The Morgan fingerprint density at radius 3 is 2.29 bits per heavy atom. The number of rotatable bonds is 4. The standard InChI is InChI=1S/C19H33NO3Si/c1-19(2,3)24(5,6)14-10-13-16(18(22)23-4)20-17(21)15-11-8-7-9-12-15/h15-16H,7-9,11-13H2,1-6H3,(H,20,21)/t16-/m1/s1. The lowest BCUT2D eigenvalue weighted by atomic mass is 9.88. The Kier molecular flexibility index (Phi) is 7.53. The molecular weight excluding hydrogens is 318 g/mol. The van der Waals surface area contributed by atoms with E-state index < -0.39 is 20.1 Å². The van der Waals surface area contributed by atoms with Gasteiger partial charge in [-0.3, -0.25) is 4.79 Å². The summed E-state index contributed by atoms with van der Waals surface area (Å²) in [6.07, 6.45) is 5.52. The number of methoxy groups -OCH3 is 1. The Balaban J connectivity index is 2.73. The van der Waals surface area contributed by atoms with Gasteiger partial charge in [0.1, 0.15) is 14.1 Å². The normalized spacial score (nSPS) is 17.4. The molecule has 0 radical (unpaired) electrons. The maximum absolute atomic E-state index is 12.4. The van der Waals surface area contributed by atoms with Crippen LogP contribution in [0.25, 0.3) is 0 Å². The van der Waals surface area contributed by atoms with Crippen molar-refractivity contribution in [1.29, 1.82) is 0 Å². The zero-order valence-electron chi connectivity index (χ0n) is 16.1. The van der Waals surface area contributed by atoms with Gasteiger partial charge >= 0.3 is 5.97 Å². The van der Waals surface area contributed by atoms with Gasteiger partial charge in [-0.15, -0.1) is 11.5 Å². The summed E-state index contributed by atoms with van der Waals surface area (Å²) >= 11 is 0. The summed E-state index contributed by atoms with van der Waals surface area (Å²) in [4.78, 5) is 24.4. The van der Waals surface area contributed by atoms with E-state index in [1.54, 1.807) is 0 Å². The quantitative estimate of drug-likeness (QED) is 0.478. The molecule has 0 aromatic carbocycles. The summed E-state index contributed by atoms with van der Waals surface area (Å²) in [7, 11) is -0.364. The molecule has 0 unspecified atom stereocenters. The van der Waals surface area contributed by atoms with Gasteiger partial charge in [0.15, 0.2) is 0 Å². The van der Waals surface area contributed by atoms with Crippen molar-refractivity contribution in [1.82, 2.24) is 5.32 Å². The highest BCUT2D eigenvalue weighted by molar-refractivity contribution is 6.87. The summed E-state index contributed by atoms with van der Waals surface area (Å²) in [6.45, 7) is 11.1. The minimum absolute atomic E-state index is 0.0271. The SMILES string of the molecule is COC(=O)[C@@H](CC#C[Si](C)(C)C(C)(C)C)NC(=O)C1CCCCC1. The molecular formula is C19H33NO3Si. The molecule has 24 heavy (non-hydrogen) atoms. The summed E-state index contributed by atoms with van der Waals surface area (Å²) in [6, 6.07) is -0.665. The van der Waals surface area contributed by atoms with Crippen LogP contribution >= 0.6 is 0 Å². The van der Waals surface area contributed by atoms with Gasteiger partial charge in [0.25, 0.3) is 0 Å². The van der Waals surface area contributed by atoms with Crippen LogP contribution in [-0.4, -0.2) is 33.1 Å². The van der Waals surface area contributed by atoms with Crippen LogP contribution < -0.4 is 5.32 Å². The van der Waals surface area contributed by atoms with Crippen LogP contribution in [0.1, 0.15) is 59.3 Å². The highest BCUT2D eigenvalue weighted by atomic mass is 28.3. The molecule has 1 saturated carbocycles. The van der Waals surface area contributed by atoms with Gasteiger partial charge in [0.2, 0.25) is 5.91 Å². The molecule has 0 aliphatic heterocycles. The van der Waals surface area contributed by atoms with Crippen molar-refractivity contribution >= 4 is 20.0 Å². The molecule has 0 saturated heterocycles. The fourth-order valence-corrected chi connectivity index (χ4v) is 3.47. The first kappa shape index (κ1) is 20.8. The van der Waals surface area contributed by atoms with Crippen LogP contribution in [0.3, 0.4) is 0 Å². The molecule has 1 rings (SSSR count). The van der Waals surface area contributed by atoms with Crippen molar-refractivity contribution in [3.05, 3.63) is 0 Å². The van der Waals surface area contributed by atoms with Crippen molar-refractivity contribution in [2.45, 2.75) is 83.5 Å². The zero-order chi connectivity index (χ0) is 18.4. The molecule has 0 spiro atoms. The average Bonchev–Trinajstić information content (AvgIpc) is 2.52. The van der Waals surface area contributed by atoms with E-state index in [4.69, 9.17) is 4.74 Å². The molecule has 1 atom stereocenters. The van der Waals surface area contributed by atoms with Crippen molar-refractivity contribution in [3.63, 3.8) is 0 Å². The van der Waals surface area contributed by atoms with Gasteiger partial charge < -0.3 is 10.1 Å². The number of amides is 1. The second kappa shape index (κ2) is 8.71. The zero-order valence-corrected chi connectivity index (χ0v) is 17.1. The molecule has 1 aliphatic rings. The number of ether oxygens (including phenoxy) is 1. The van der Waals surface area contributed by atoms with Crippen molar-refractivity contribution in [3.8, 4) is 11.5 Å². The number of carbonyl (C=O) groups is 2. The van der Waals surface area contributed by atoms with E-state index in [0.717, 1.165) is 25.7 Å². The Bertz CT molecular complexity index is 505. The van der Waals surface area contributed by atoms with Crippen LogP contribution in [-0.2, 0) is 14.3 Å². The van der Waals surface area contributed by atoms with Crippen LogP contribution in [0, 0.1) is 17.4 Å². The van der Waals surface area contributed by atoms with Crippen LogP contribution in [0.4, 0.5) is 0 Å². The maximum atomic E-state index is 12.4. The van der Waals surface area contributed by atoms with E-state index >= 15 is 0 Å². The van der Waals surface area contributed by atoms with Gasteiger partial charge in [-0.2, -0.15) is 0 Å². The van der Waals surface area contributed by atoms with E-state index in [-0.39, 0.29) is 16.9 Å². The molecule has 4 nitrogen and oxygen atoms in total. The highest BCUT2D eigenvalue weighted by Crippen LogP contribution is 2.35. The first-order valence-electron chi connectivity index (χ1n) is 8.96. The smallest absolute Gasteiger partial charge is 0.329 e. The Morgan fingerprint density at radius 1 is 1.21 bits per heavy atom. The molecule has 0 aromatic rings. The molecule has 5 heteroatoms. The largest absolute Gasteiger partial charge is 0.467 e. The first-order chi connectivity index (χ1) is 11.1. The summed E-state index contributed by atoms with van der Waals surface area (Å²) in [5.74, 6) is 2.74. The summed E-state index contributed by atoms with van der Waals surface area (Å²) in [5.41, 5.74) is 3.39. The lowest BCUT2D eigenvalue weighted by molar-refractivity contribution is -0.145. The molecule has 0 heterocycles. The lowest BCUT2D eigenvalue weighted by Gasteiger charge is -2.31. The van der Waals surface area contributed by atoms with E-state index in [2.05, 4.69) is 50.6 Å². The third kappa shape index (κ3) is 5.97. The molecule has 1 fully saturated rings. The van der Waals surface area contributed by atoms with E-state index in [1.165, 1.54) is 13.5 Å². The third-order valence-electron chi connectivity index (χ3n) is 5.36. The third-order valence-corrected chi connectivity index (χ3v) is 9.91. The molecule has 136 valence electrons. The maximum Gasteiger partial charge on any atom is 0.329 e. The van der Waals surface area contributed by atoms with Gasteiger partial charge in [-0.05, 0) is 17.9 Å². The Labute approximate surface area is 148 Å². The van der Waals surface area contributed by atoms with Gasteiger partial charge in [0.05, 0.1) is 7.11 Å². The fraction of sp³-hybridized carbons (Fsp3) is 0.789. The Morgan fingerprint density at radius 2 is 1.79 bits per heavy atom. The first-order valence-corrected chi connectivity index (χ1v) is 12.0. The lowest BCUT2D eigenvalue weighted by Crippen LogP contribution is -2.44. The monoisotopic (exact) mass is 351 g/mol. The van der Waals surface area contributed by atoms with E-state index in [9.17, 15) is 9.59 Å². The number of carbonyl (C=O) groups excluding carboxylic acids is 2. The number of nitrogens with one attached hydrogen (secondary N) is 1. The second-order valence-electron chi connectivity index (χ2n) is 8.30. The number of esters is 1. The van der Waals surface area contributed by atoms with Crippen molar-refractivity contribution in [2.24, 2.45) is 5.92 Å². The van der Waals surface area contributed by atoms with Crippen LogP contribution in [0.15, 0.2) is 0 Å². The minimum atomic E-state index is -1.71. The predicted octanol–water partition coefficient (Wildman–Crippen LogP) is 3.67. The van der Waals surface area contributed by atoms with Crippen LogP contribution in [0.2, 0.25) is 18.1 Å². The molecule has 1 N–H and O–H groups in total. The van der Waals surface area contributed by atoms with Gasteiger partial charge in [0, 0.05) is 12.3 Å². The van der Waals surface area contributed by atoms with Crippen molar-refractivity contribution in [2.75, 3.05) is 7.11 Å². The van der Waals surface area contributed by atoms with E-state index in [1.807, 2.05) is 0 Å². The van der Waals surface area contributed by atoms with E-state index in [0.29, 0.717) is 6.42 Å². The molecule has 0 bridgehead atoms. The number of hydrogen-bond donors (Lipinski definition) is 1. The fourth-order valence-electron chi connectivity index (χ4n) is 2.55. The van der Waals surface area contributed by atoms with Gasteiger partial charge in [-0.25, -0.2) is 4.79 Å². The number of hydrogen-bond acceptors (Lipinski definition) is 3. The second-order valence-corrected chi connectivity index (χ2v) is 13.3. The summed E-state index contributed by atoms with van der Waals surface area (Å²) < 4.78 is 4.84. The topological polar surface area (TPSA) is 55.4 Å².